The Morgan fingerprint density at radius 1 is 1.00 bits per heavy atom. The minimum absolute atomic E-state index is 0.0612. The van der Waals surface area contributed by atoms with E-state index >= 15 is 0 Å². The van der Waals surface area contributed by atoms with Crippen molar-refractivity contribution in [3.63, 3.8) is 0 Å². The van der Waals surface area contributed by atoms with E-state index in [4.69, 9.17) is 4.74 Å². The fourth-order valence-electron chi connectivity index (χ4n) is 2.71. The summed E-state index contributed by atoms with van der Waals surface area (Å²) in [6, 6.07) is 6.58. The van der Waals surface area contributed by atoms with Gasteiger partial charge in [-0.3, -0.25) is 4.72 Å². The van der Waals surface area contributed by atoms with E-state index in [1.54, 1.807) is 24.3 Å². The van der Waals surface area contributed by atoms with Crippen molar-refractivity contribution in [3.05, 3.63) is 29.8 Å². The molecule has 160 valence electrons. The van der Waals surface area contributed by atoms with Gasteiger partial charge in [-0.05, 0) is 18.6 Å². The number of hydrogen-bond acceptors (Lipinski definition) is 4. The normalized spacial score (nSPS) is 12.0. The molecule has 0 saturated carbocycles. The number of likely N-dealkylation sites (N-methyl/N-ethyl adjacent to an activating group) is 1. The Kier molecular flexibility index (Phi) is 10.5. The van der Waals surface area contributed by atoms with Gasteiger partial charge in [-0.2, -0.15) is 0 Å². The van der Waals surface area contributed by atoms with Crippen LogP contribution in [0.2, 0.25) is 0 Å². The standard InChI is InChI=1S/C21H36N2O4S/c1-5-6-7-8-9-10-13-18-28(25,26)22-20-15-12-11-14-19(20)21(24)27-17-16-23(2,3)4/h11-12,14-15H,5-10,13,16-18H2,1-4H3/p+1. The van der Waals surface area contributed by atoms with Crippen LogP contribution in [0.25, 0.3) is 0 Å². The van der Waals surface area contributed by atoms with Crippen LogP contribution in [0.3, 0.4) is 0 Å². The maximum Gasteiger partial charge on any atom is 0.340 e. The van der Waals surface area contributed by atoms with Gasteiger partial charge in [0.25, 0.3) is 0 Å². The summed E-state index contributed by atoms with van der Waals surface area (Å²) < 4.78 is 33.3. The third-order valence-corrected chi connectivity index (χ3v) is 5.78. The smallest absolute Gasteiger partial charge is 0.340 e. The number of ether oxygens (including phenoxy) is 1. The summed E-state index contributed by atoms with van der Waals surface area (Å²) in [6.07, 6.45) is 7.40. The number of nitrogens with zero attached hydrogens (tertiary/aromatic N) is 1. The molecule has 6 nitrogen and oxygen atoms in total. The van der Waals surface area contributed by atoms with Crippen molar-refractivity contribution in [2.75, 3.05) is 44.8 Å². The van der Waals surface area contributed by atoms with Gasteiger partial charge in [-0.25, -0.2) is 13.2 Å². The van der Waals surface area contributed by atoms with Gasteiger partial charge in [-0.1, -0.05) is 57.6 Å². The highest BCUT2D eigenvalue weighted by Crippen LogP contribution is 2.18. The molecule has 28 heavy (non-hydrogen) atoms. The van der Waals surface area contributed by atoms with Gasteiger partial charge in [-0.15, -0.1) is 0 Å². The Balaban J connectivity index is 2.55. The molecule has 0 bridgehead atoms. The molecule has 1 aromatic carbocycles. The van der Waals surface area contributed by atoms with Gasteiger partial charge in [0, 0.05) is 0 Å². The van der Waals surface area contributed by atoms with Gasteiger partial charge < -0.3 is 9.22 Å². The van der Waals surface area contributed by atoms with Crippen LogP contribution in [0, 0.1) is 0 Å². The van der Waals surface area contributed by atoms with Crippen molar-refractivity contribution in [1.82, 2.24) is 0 Å². The molecular weight excluding hydrogens is 376 g/mol. The number of esters is 1. The summed E-state index contributed by atoms with van der Waals surface area (Å²) >= 11 is 0. The fourth-order valence-corrected chi connectivity index (χ4v) is 3.91. The molecule has 0 saturated heterocycles. The molecule has 0 heterocycles. The maximum absolute atomic E-state index is 12.4. The van der Waals surface area contributed by atoms with E-state index in [0.717, 1.165) is 19.3 Å². The minimum Gasteiger partial charge on any atom is -0.456 e. The van der Waals surface area contributed by atoms with Crippen molar-refractivity contribution in [3.8, 4) is 0 Å². The molecule has 0 atom stereocenters. The highest BCUT2D eigenvalue weighted by Gasteiger charge is 2.18. The van der Waals surface area contributed by atoms with E-state index in [0.29, 0.717) is 17.4 Å². The Morgan fingerprint density at radius 2 is 1.61 bits per heavy atom. The Hall–Kier alpha value is -1.60. The molecular formula is C21H37N2O4S+. The topological polar surface area (TPSA) is 72.5 Å². The number of unbranched alkanes of at least 4 members (excludes halogenated alkanes) is 6. The summed E-state index contributed by atoms with van der Waals surface area (Å²) in [5, 5.41) is 0. The van der Waals surface area contributed by atoms with E-state index in [9.17, 15) is 13.2 Å². The zero-order valence-corrected chi connectivity index (χ0v) is 18.7. The number of sulfonamides is 1. The van der Waals surface area contributed by atoms with Gasteiger partial charge in [0.2, 0.25) is 10.0 Å². The number of carbonyl (C=O) groups is 1. The molecule has 0 aliphatic rings. The molecule has 0 aliphatic carbocycles. The molecule has 7 heteroatoms. The van der Waals surface area contributed by atoms with Crippen molar-refractivity contribution in [1.29, 1.82) is 0 Å². The summed E-state index contributed by atoms with van der Waals surface area (Å²) in [5.41, 5.74) is 0.521. The molecule has 0 spiro atoms. The van der Waals surface area contributed by atoms with Gasteiger partial charge in [0.1, 0.15) is 13.2 Å². The number of quaternary nitrogens is 1. The second-order valence-corrected chi connectivity index (χ2v) is 10.1. The van der Waals surface area contributed by atoms with Crippen LogP contribution in [-0.4, -0.2) is 58.9 Å². The summed E-state index contributed by atoms with van der Waals surface area (Å²) in [6.45, 7) is 3.13. The quantitative estimate of drug-likeness (QED) is 0.284. The number of rotatable bonds is 14. The largest absolute Gasteiger partial charge is 0.456 e. The van der Waals surface area contributed by atoms with Crippen molar-refractivity contribution in [2.45, 2.75) is 51.9 Å². The lowest BCUT2D eigenvalue weighted by Crippen LogP contribution is -2.38. The number of hydrogen-bond donors (Lipinski definition) is 1. The van der Waals surface area contributed by atoms with Crippen molar-refractivity contribution >= 4 is 21.7 Å². The Labute approximate surface area is 170 Å². The monoisotopic (exact) mass is 413 g/mol. The predicted molar refractivity (Wildman–Crippen MR) is 115 cm³/mol. The van der Waals surface area contributed by atoms with E-state index in [1.165, 1.54) is 19.3 Å². The Morgan fingerprint density at radius 3 is 2.25 bits per heavy atom. The van der Waals surface area contributed by atoms with Crippen LogP contribution < -0.4 is 4.72 Å². The Bertz CT molecular complexity index is 697. The first kappa shape index (κ1) is 24.4. The van der Waals surface area contributed by atoms with Crippen LogP contribution in [0.5, 0.6) is 0 Å². The zero-order chi connectivity index (χ0) is 21.0. The third-order valence-electron chi connectivity index (χ3n) is 4.42. The fraction of sp³-hybridized carbons (Fsp3) is 0.667. The first-order valence-corrected chi connectivity index (χ1v) is 11.9. The molecule has 1 rings (SSSR count). The van der Waals surface area contributed by atoms with Crippen LogP contribution in [-0.2, 0) is 14.8 Å². The number of nitrogens with one attached hydrogen (secondary N) is 1. The number of anilines is 1. The molecule has 0 fully saturated rings. The molecule has 0 unspecified atom stereocenters. The number of benzene rings is 1. The van der Waals surface area contributed by atoms with Crippen molar-refractivity contribution in [2.24, 2.45) is 0 Å². The van der Waals surface area contributed by atoms with E-state index < -0.39 is 16.0 Å². The lowest BCUT2D eigenvalue weighted by Gasteiger charge is -2.23. The van der Waals surface area contributed by atoms with Crippen LogP contribution >= 0.6 is 0 Å². The molecule has 0 radical (unpaired) electrons. The zero-order valence-electron chi connectivity index (χ0n) is 17.9. The second-order valence-electron chi connectivity index (χ2n) is 8.24. The summed E-state index contributed by atoms with van der Waals surface area (Å²) in [7, 11) is 2.55. The highest BCUT2D eigenvalue weighted by atomic mass is 32.2. The number of carbonyl (C=O) groups excluding carboxylic acids is 1. The lowest BCUT2D eigenvalue weighted by molar-refractivity contribution is -0.870. The van der Waals surface area contributed by atoms with Crippen molar-refractivity contribution < 1.29 is 22.4 Å². The molecule has 0 aliphatic heterocycles. The minimum atomic E-state index is -3.49. The molecule has 0 amide bonds. The molecule has 1 aromatic rings. The second kappa shape index (κ2) is 12.1. The number of para-hydroxylation sites is 1. The molecule has 1 N–H and O–H groups in total. The average Bonchev–Trinajstić information content (AvgIpc) is 2.60. The third kappa shape index (κ3) is 10.7. The van der Waals surface area contributed by atoms with Crippen LogP contribution in [0.1, 0.15) is 62.2 Å². The molecule has 0 aromatic heterocycles. The maximum atomic E-state index is 12.4. The van der Waals surface area contributed by atoms with Crippen LogP contribution in [0.15, 0.2) is 24.3 Å². The summed E-state index contributed by atoms with van der Waals surface area (Å²) in [4.78, 5) is 12.4. The lowest BCUT2D eigenvalue weighted by atomic mass is 10.1. The van der Waals surface area contributed by atoms with Gasteiger partial charge >= 0.3 is 5.97 Å². The van der Waals surface area contributed by atoms with E-state index in [-0.39, 0.29) is 23.6 Å². The van der Waals surface area contributed by atoms with E-state index in [1.807, 2.05) is 21.1 Å². The van der Waals surface area contributed by atoms with Gasteiger partial charge in [0.15, 0.2) is 0 Å². The predicted octanol–water partition coefficient (Wildman–Crippen LogP) is 4.04. The first-order chi connectivity index (χ1) is 13.1. The summed E-state index contributed by atoms with van der Waals surface area (Å²) in [5.74, 6) is -0.450. The first-order valence-electron chi connectivity index (χ1n) is 10.2. The highest BCUT2D eigenvalue weighted by molar-refractivity contribution is 7.92. The SMILES string of the molecule is CCCCCCCCCS(=O)(=O)Nc1ccccc1C(=O)OCC[N+](C)(C)C. The average molecular weight is 414 g/mol. The van der Waals surface area contributed by atoms with Gasteiger partial charge in [0.05, 0.1) is 38.1 Å². The van der Waals surface area contributed by atoms with Crippen LogP contribution in [0.4, 0.5) is 5.69 Å². The van der Waals surface area contributed by atoms with E-state index in [2.05, 4.69) is 11.6 Å².